The van der Waals surface area contributed by atoms with Crippen LogP contribution >= 0.6 is 11.3 Å². The summed E-state index contributed by atoms with van der Waals surface area (Å²) in [5.74, 6) is -1.33. The summed E-state index contributed by atoms with van der Waals surface area (Å²) >= 11 is 1.10. The number of nitrogens with zero attached hydrogens (tertiary/aromatic N) is 4. The molecule has 2 heterocycles. The van der Waals surface area contributed by atoms with E-state index in [1.54, 1.807) is 14.0 Å². The predicted molar refractivity (Wildman–Crippen MR) is 96.1 cm³/mol. The third-order valence-corrected chi connectivity index (χ3v) is 4.69. The van der Waals surface area contributed by atoms with Crippen LogP contribution in [0.25, 0.3) is 10.2 Å². The summed E-state index contributed by atoms with van der Waals surface area (Å²) in [6, 6.07) is 4.15. The average molecular weight is 392 g/mol. The van der Waals surface area contributed by atoms with Crippen molar-refractivity contribution < 1.29 is 23.5 Å². The molecule has 8 nitrogen and oxygen atoms in total. The van der Waals surface area contributed by atoms with E-state index in [9.17, 15) is 14.0 Å². The monoisotopic (exact) mass is 392 g/mol. The minimum atomic E-state index is -0.579. The summed E-state index contributed by atoms with van der Waals surface area (Å²) in [5.41, 5.74) is 0.769. The Morgan fingerprint density at radius 3 is 2.85 bits per heavy atom. The molecule has 0 fully saturated rings. The fourth-order valence-electron chi connectivity index (χ4n) is 2.53. The SMILES string of the molecule is CCOC(=O)Cn1c(=NC(=O)c2cn(C)nc2OC)sc2cc(F)ccc21. The van der Waals surface area contributed by atoms with Gasteiger partial charge in [-0.15, -0.1) is 5.10 Å². The van der Waals surface area contributed by atoms with E-state index in [-0.39, 0.29) is 29.4 Å². The van der Waals surface area contributed by atoms with Crippen molar-refractivity contribution in [3.05, 3.63) is 40.6 Å². The van der Waals surface area contributed by atoms with Gasteiger partial charge in [-0.05, 0) is 25.1 Å². The third-order valence-electron chi connectivity index (χ3n) is 3.65. The summed E-state index contributed by atoms with van der Waals surface area (Å²) < 4.78 is 27.2. The Bertz CT molecular complexity index is 1080. The van der Waals surface area contributed by atoms with Crippen LogP contribution < -0.4 is 9.54 Å². The zero-order valence-electron chi connectivity index (χ0n) is 14.9. The van der Waals surface area contributed by atoms with Gasteiger partial charge in [0.2, 0.25) is 5.88 Å². The number of halogens is 1. The quantitative estimate of drug-likeness (QED) is 0.619. The number of carbonyl (C=O) groups excluding carboxylic acids is 2. The number of carbonyl (C=O) groups is 2. The number of aromatic nitrogens is 3. The predicted octanol–water partition coefficient (Wildman–Crippen LogP) is 1.89. The van der Waals surface area contributed by atoms with Crippen LogP contribution in [0.1, 0.15) is 17.3 Å². The van der Waals surface area contributed by atoms with Crippen molar-refractivity contribution in [1.82, 2.24) is 14.3 Å². The number of hydrogen-bond donors (Lipinski definition) is 0. The molecule has 0 aliphatic carbocycles. The lowest BCUT2D eigenvalue weighted by molar-refractivity contribution is -0.143. The van der Waals surface area contributed by atoms with Gasteiger partial charge in [0.1, 0.15) is 17.9 Å². The molecule has 0 aliphatic heterocycles. The summed E-state index contributed by atoms with van der Waals surface area (Å²) in [6.45, 7) is 1.79. The highest BCUT2D eigenvalue weighted by Crippen LogP contribution is 2.20. The molecule has 0 radical (unpaired) electrons. The Morgan fingerprint density at radius 2 is 2.15 bits per heavy atom. The van der Waals surface area contributed by atoms with E-state index in [1.165, 1.54) is 40.8 Å². The standard InChI is InChI=1S/C17H17FN4O4S/c1-4-26-14(23)9-22-12-6-5-10(18)7-13(12)27-17(22)19-15(24)11-8-21(2)20-16(11)25-3/h5-8H,4,9H2,1-3H3. The molecule has 0 bridgehead atoms. The minimum absolute atomic E-state index is 0.143. The van der Waals surface area contributed by atoms with Crippen LogP contribution in [0.15, 0.2) is 29.4 Å². The topological polar surface area (TPSA) is 87.7 Å². The zero-order valence-corrected chi connectivity index (χ0v) is 15.7. The fraction of sp³-hybridized carbons (Fsp3) is 0.294. The Kier molecular flexibility index (Phi) is 5.36. The maximum atomic E-state index is 13.6. The van der Waals surface area contributed by atoms with E-state index in [0.29, 0.717) is 10.2 Å². The third kappa shape index (κ3) is 3.90. The van der Waals surface area contributed by atoms with Crippen LogP contribution in [0.5, 0.6) is 5.88 Å². The van der Waals surface area contributed by atoms with Crippen molar-refractivity contribution in [3.8, 4) is 5.88 Å². The van der Waals surface area contributed by atoms with Gasteiger partial charge < -0.3 is 14.0 Å². The molecule has 3 aromatic rings. The lowest BCUT2D eigenvalue weighted by Gasteiger charge is -2.05. The Morgan fingerprint density at radius 1 is 1.37 bits per heavy atom. The molecule has 0 N–H and O–H groups in total. The van der Waals surface area contributed by atoms with Crippen molar-refractivity contribution >= 4 is 33.4 Å². The number of amides is 1. The van der Waals surface area contributed by atoms with Gasteiger partial charge in [0.05, 0.1) is 23.9 Å². The molecule has 0 aliphatic rings. The number of hydrogen-bond acceptors (Lipinski definition) is 6. The molecule has 1 amide bonds. The van der Waals surface area contributed by atoms with Gasteiger partial charge >= 0.3 is 5.97 Å². The number of ether oxygens (including phenoxy) is 2. The second-order valence-corrected chi connectivity index (χ2v) is 6.54. The second-order valence-electron chi connectivity index (χ2n) is 5.53. The summed E-state index contributed by atoms with van der Waals surface area (Å²) in [5, 5.41) is 4.03. The van der Waals surface area contributed by atoms with E-state index in [0.717, 1.165) is 11.3 Å². The number of benzene rings is 1. The van der Waals surface area contributed by atoms with Crippen LogP contribution in [-0.2, 0) is 23.1 Å². The van der Waals surface area contributed by atoms with Gasteiger partial charge in [-0.1, -0.05) is 11.3 Å². The Balaban J connectivity index is 2.12. The largest absolute Gasteiger partial charge is 0.479 e. The molecule has 0 spiro atoms. The summed E-state index contributed by atoms with van der Waals surface area (Å²) in [6.07, 6.45) is 1.49. The van der Waals surface area contributed by atoms with Crippen LogP contribution in [0, 0.1) is 5.82 Å². The van der Waals surface area contributed by atoms with E-state index < -0.39 is 17.7 Å². The first-order valence-electron chi connectivity index (χ1n) is 8.04. The van der Waals surface area contributed by atoms with Gasteiger partial charge in [0.15, 0.2) is 4.80 Å². The minimum Gasteiger partial charge on any atom is -0.479 e. The summed E-state index contributed by atoms with van der Waals surface area (Å²) in [4.78, 5) is 28.9. The maximum absolute atomic E-state index is 13.6. The number of rotatable bonds is 5. The van der Waals surface area contributed by atoms with E-state index in [1.807, 2.05) is 0 Å². The summed E-state index contributed by atoms with van der Waals surface area (Å²) in [7, 11) is 3.06. The normalized spacial score (nSPS) is 11.8. The zero-order chi connectivity index (χ0) is 19.6. The molecule has 10 heteroatoms. The molecule has 1 aromatic carbocycles. The van der Waals surface area contributed by atoms with E-state index >= 15 is 0 Å². The van der Waals surface area contributed by atoms with E-state index in [2.05, 4.69) is 10.1 Å². The van der Waals surface area contributed by atoms with Crippen molar-refractivity contribution in [2.75, 3.05) is 13.7 Å². The highest BCUT2D eigenvalue weighted by Gasteiger charge is 2.18. The highest BCUT2D eigenvalue weighted by atomic mass is 32.1. The molecule has 0 saturated carbocycles. The number of esters is 1. The lowest BCUT2D eigenvalue weighted by Crippen LogP contribution is -2.23. The second kappa shape index (κ2) is 7.70. The van der Waals surface area contributed by atoms with Gasteiger partial charge in [-0.2, -0.15) is 4.99 Å². The number of thiazole rings is 1. The first-order valence-corrected chi connectivity index (χ1v) is 8.85. The maximum Gasteiger partial charge on any atom is 0.326 e. The number of aryl methyl sites for hydroxylation is 1. The van der Waals surface area contributed by atoms with Gasteiger partial charge in [0, 0.05) is 13.2 Å². The molecular formula is C17H17FN4O4S. The molecule has 142 valence electrons. The van der Waals surface area contributed by atoms with Gasteiger partial charge in [-0.3, -0.25) is 14.3 Å². The van der Waals surface area contributed by atoms with Crippen LogP contribution in [-0.4, -0.2) is 39.9 Å². The van der Waals surface area contributed by atoms with Crippen LogP contribution in [0.4, 0.5) is 4.39 Å². The molecule has 27 heavy (non-hydrogen) atoms. The lowest BCUT2D eigenvalue weighted by atomic mass is 10.3. The van der Waals surface area contributed by atoms with Gasteiger partial charge in [-0.25, -0.2) is 4.39 Å². The van der Waals surface area contributed by atoms with Crippen molar-refractivity contribution in [2.24, 2.45) is 12.0 Å². The fourth-order valence-corrected chi connectivity index (χ4v) is 3.59. The highest BCUT2D eigenvalue weighted by molar-refractivity contribution is 7.16. The number of fused-ring (bicyclic) bond motifs is 1. The van der Waals surface area contributed by atoms with Crippen molar-refractivity contribution in [1.29, 1.82) is 0 Å². The molecule has 0 unspecified atom stereocenters. The van der Waals surface area contributed by atoms with Crippen LogP contribution in [0.2, 0.25) is 0 Å². The van der Waals surface area contributed by atoms with Crippen LogP contribution in [0.3, 0.4) is 0 Å². The first kappa shape index (κ1) is 18.8. The first-order chi connectivity index (χ1) is 12.9. The smallest absolute Gasteiger partial charge is 0.326 e. The molecule has 0 saturated heterocycles. The van der Waals surface area contributed by atoms with Gasteiger partial charge in [0.25, 0.3) is 5.91 Å². The molecule has 2 aromatic heterocycles. The van der Waals surface area contributed by atoms with Crippen molar-refractivity contribution in [2.45, 2.75) is 13.5 Å². The number of methoxy groups -OCH3 is 1. The molecular weight excluding hydrogens is 375 g/mol. The molecule has 0 atom stereocenters. The Labute approximate surface area is 157 Å². The Hall–Kier alpha value is -3.01. The van der Waals surface area contributed by atoms with E-state index in [4.69, 9.17) is 9.47 Å². The average Bonchev–Trinajstić information content (AvgIpc) is 3.15. The molecule has 3 rings (SSSR count). The van der Waals surface area contributed by atoms with Crippen molar-refractivity contribution in [3.63, 3.8) is 0 Å².